The van der Waals surface area contributed by atoms with Crippen molar-refractivity contribution in [1.82, 2.24) is 0 Å². The number of aliphatic hydroxyl groups excluding tert-OH is 6. The molecule has 7 N–H and O–H groups in total. The lowest BCUT2D eigenvalue weighted by molar-refractivity contribution is -0.328. The van der Waals surface area contributed by atoms with Crippen molar-refractivity contribution < 1.29 is 77.8 Å². The number of rotatable bonds is 17. The van der Waals surface area contributed by atoms with Gasteiger partial charge in [-0.1, -0.05) is 34.6 Å². The normalized spacial score (nSPS) is 41.3. The van der Waals surface area contributed by atoms with E-state index in [4.69, 9.17) is 37.7 Å². The Hall–Kier alpha value is -0.370. The van der Waals surface area contributed by atoms with Gasteiger partial charge in [-0.25, -0.2) is 0 Å². The van der Waals surface area contributed by atoms with Crippen LogP contribution in [0.4, 0.5) is 0 Å². The molecule has 16 atom stereocenters. The second-order valence-electron chi connectivity index (χ2n) is 15.2. The molecule has 0 aliphatic carbocycles. The van der Waals surface area contributed by atoms with E-state index in [-0.39, 0.29) is 33.0 Å². The summed E-state index contributed by atoms with van der Waals surface area (Å²) in [7, 11) is -3.61. The van der Waals surface area contributed by atoms with E-state index in [9.17, 15) is 40.1 Å². The number of hydrogen-bond donors (Lipinski definition) is 7. The third kappa shape index (κ3) is 12.1. The number of ether oxygens (including phenoxy) is 7. The van der Waals surface area contributed by atoms with Crippen LogP contribution >= 0.6 is 7.60 Å². The van der Waals surface area contributed by atoms with Gasteiger partial charge in [0.15, 0.2) is 18.9 Å². The molecule has 3 saturated heterocycles. The lowest BCUT2D eigenvalue weighted by Crippen LogP contribution is -2.59. The number of unbranched alkanes of at least 4 members (excludes halogenated alkanes) is 2. The van der Waals surface area contributed by atoms with E-state index >= 15 is 0 Å². The van der Waals surface area contributed by atoms with Crippen LogP contribution < -0.4 is 0 Å². The Kier molecular flexibility index (Phi) is 17.0. The van der Waals surface area contributed by atoms with Gasteiger partial charge in [-0.15, -0.1) is 0 Å². The van der Waals surface area contributed by atoms with Gasteiger partial charge < -0.3 is 73.2 Å². The molecule has 3 aliphatic heterocycles. The first-order valence-electron chi connectivity index (χ1n) is 17.8. The molecule has 17 heteroatoms. The molecule has 50 heavy (non-hydrogen) atoms. The summed E-state index contributed by atoms with van der Waals surface area (Å²) in [6, 6.07) is 0. The molecule has 0 aromatic carbocycles. The van der Waals surface area contributed by atoms with Gasteiger partial charge in [0.2, 0.25) is 0 Å². The molecular formula is C33H63O16P. The van der Waals surface area contributed by atoms with E-state index in [0.29, 0.717) is 19.3 Å². The van der Waals surface area contributed by atoms with Gasteiger partial charge in [-0.3, -0.25) is 4.57 Å². The van der Waals surface area contributed by atoms with Crippen LogP contribution in [-0.4, -0.2) is 154 Å². The Morgan fingerprint density at radius 3 is 1.38 bits per heavy atom. The quantitative estimate of drug-likeness (QED) is 0.0809. The summed E-state index contributed by atoms with van der Waals surface area (Å²) < 4.78 is 58.4. The maximum Gasteiger partial charge on any atom is 0.330 e. The van der Waals surface area contributed by atoms with Crippen molar-refractivity contribution in [2.24, 2.45) is 17.8 Å². The Morgan fingerprint density at radius 1 is 0.600 bits per heavy atom. The molecule has 0 radical (unpaired) electrons. The lowest BCUT2D eigenvalue weighted by atomic mass is 9.91. The van der Waals surface area contributed by atoms with Crippen molar-refractivity contribution in [1.29, 1.82) is 0 Å². The van der Waals surface area contributed by atoms with Crippen LogP contribution in [0.2, 0.25) is 0 Å². The van der Waals surface area contributed by atoms with Crippen LogP contribution in [0.5, 0.6) is 0 Å². The fourth-order valence-electron chi connectivity index (χ4n) is 5.83. The molecular weight excluding hydrogens is 683 g/mol. The van der Waals surface area contributed by atoms with Gasteiger partial charge in [-0.05, 0) is 40.0 Å². The Morgan fingerprint density at radius 2 is 0.980 bits per heavy atom. The zero-order valence-electron chi connectivity index (χ0n) is 30.6. The fourth-order valence-corrected chi connectivity index (χ4v) is 6.52. The molecule has 0 bridgehead atoms. The van der Waals surface area contributed by atoms with Gasteiger partial charge in [0.1, 0.15) is 36.6 Å². The Bertz CT molecular complexity index is 1050. The molecule has 3 aliphatic rings. The van der Waals surface area contributed by atoms with Crippen molar-refractivity contribution in [2.75, 3.05) is 33.0 Å². The van der Waals surface area contributed by atoms with Gasteiger partial charge in [0.25, 0.3) is 0 Å². The highest BCUT2D eigenvalue weighted by Crippen LogP contribution is 2.47. The molecule has 3 rings (SSSR count). The highest BCUT2D eigenvalue weighted by Gasteiger charge is 2.48. The SMILES string of the molecule is CC1C(OCCCCCOP(=O)(O)C(C)C)OC(COC2OC(COC3OC(COC(C)(C)C)C(O)C(O)C3C)C(O)C(O)C2C)C(O)C1O. The summed E-state index contributed by atoms with van der Waals surface area (Å²) in [5, 5.41) is 64.3. The summed E-state index contributed by atoms with van der Waals surface area (Å²) in [6.45, 7) is 13.8. The average molecular weight is 747 g/mol. The lowest BCUT2D eigenvalue weighted by Gasteiger charge is -2.45. The predicted octanol–water partition coefficient (Wildman–Crippen LogP) is 0.880. The highest BCUT2D eigenvalue weighted by molar-refractivity contribution is 7.53. The molecule has 3 heterocycles. The molecule has 0 aromatic rings. The minimum absolute atomic E-state index is 0.0157. The van der Waals surface area contributed by atoms with Crippen LogP contribution in [0.15, 0.2) is 0 Å². The average Bonchev–Trinajstić information content (AvgIpc) is 3.05. The maximum absolute atomic E-state index is 11.9. The molecule has 296 valence electrons. The molecule has 0 spiro atoms. The van der Waals surface area contributed by atoms with Gasteiger partial charge in [0, 0.05) is 24.4 Å². The maximum atomic E-state index is 11.9. The van der Waals surface area contributed by atoms with Crippen molar-refractivity contribution >= 4 is 7.60 Å². The van der Waals surface area contributed by atoms with Gasteiger partial charge in [-0.2, -0.15) is 0 Å². The topological polar surface area (TPSA) is 233 Å². The van der Waals surface area contributed by atoms with E-state index < -0.39 is 110 Å². The molecule has 0 aromatic heterocycles. The largest absolute Gasteiger partial charge is 0.390 e. The van der Waals surface area contributed by atoms with Crippen LogP contribution in [0.1, 0.15) is 74.7 Å². The summed E-state index contributed by atoms with van der Waals surface area (Å²) in [6.07, 6.45) is -11.4. The first kappa shape index (κ1) is 44.0. The standard InChI is InChI=1S/C33H63O16P/c1-17(2)50(40,41)46-13-11-9-10-12-42-30-18(3)24(34)27(37)21(47-30)14-43-31-19(4)25(35)28(38)22(48-31)15-44-32-20(5)26(36)29(39)23(49-32)16-45-33(6,7)8/h17-32,34-39H,9-16H2,1-8H3,(H,40,41). The number of aliphatic hydroxyl groups is 6. The van der Waals surface area contributed by atoms with Crippen molar-refractivity contribution in [2.45, 2.75) is 160 Å². The summed E-state index contributed by atoms with van der Waals surface area (Å²) in [5.74, 6) is -1.88. The first-order chi connectivity index (χ1) is 23.2. The van der Waals surface area contributed by atoms with Crippen molar-refractivity contribution in [3.05, 3.63) is 0 Å². The van der Waals surface area contributed by atoms with Gasteiger partial charge >= 0.3 is 7.60 Å². The molecule has 16 nitrogen and oxygen atoms in total. The smallest absolute Gasteiger partial charge is 0.330 e. The van der Waals surface area contributed by atoms with Crippen molar-refractivity contribution in [3.63, 3.8) is 0 Å². The van der Waals surface area contributed by atoms with Crippen LogP contribution in [0, 0.1) is 17.8 Å². The Labute approximate surface area is 295 Å². The van der Waals surface area contributed by atoms with Gasteiger partial charge in [0.05, 0.1) is 56.0 Å². The van der Waals surface area contributed by atoms with E-state index in [2.05, 4.69) is 0 Å². The molecule has 0 amide bonds. The monoisotopic (exact) mass is 746 g/mol. The second kappa shape index (κ2) is 19.3. The zero-order chi connectivity index (χ0) is 37.6. The Balaban J connectivity index is 1.51. The minimum Gasteiger partial charge on any atom is -0.390 e. The second-order valence-corrected chi connectivity index (χ2v) is 17.6. The minimum atomic E-state index is -3.61. The fraction of sp³-hybridized carbons (Fsp3) is 1.00. The van der Waals surface area contributed by atoms with Crippen molar-refractivity contribution in [3.8, 4) is 0 Å². The molecule has 16 unspecified atom stereocenters. The van der Waals surface area contributed by atoms with E-state index in [1.165, 1.54) is 0 Å². The summed E-state index contributed by atoms with van der Waals surface area (Å²) >= 11 is 0. The molecule has 3 fully saturated rings. The summed E-state index contributed by atoms with van der Waals surface area (Å²) in [4.78, 5) is 9.76. The van der Waals surface area contributed by atoms with Crippen LogP contribution in [0.3, 0.4) is 0 Å². The molecule has 0 saturated carbocycles. The zero-order valence-corrected chi connectivity index (χ0v) is 31.5. The van der Waals surface area contributed by atoms with E-state index in [1.807, 2.05) is 20.8 Å². The first-order valence-corrected chi connectivity index (χ1v) is 19.4. The van der Waals surface area contributed by atoms with Crippen LogP contribution in [0.25, 0.3) is 0 Å². The van der Waals surface area contributed by atoms with Crippen LogP contribution in [-0.2, 0) is 42.2 Å². The third-order valence-corrected chi connectivity index (χ3v) is 11.4. The predicted molar refractivity (Wildman–Crippen MR) is 178 cm³/mol. The highest BCUT2D eigenvalue weighted by atomic mass is 31.2. The van der Waals surface area contributed by atoms with E-state index in [0.717, 1.165) is 0 Å². The number of hydrogen-bond acceptors (Lipinski definition) is 15. The third-order valence-electron chi connectivity index (χ3n) is 9.55. The summed E-state index contributed by atoms with van der Waals surface area (Å²) in [5.41, 5.74) is -0.973. The van der Waals surface area contributed by atoms with E-state index in [1.54, 1.807) is 34.6 Å².